The lowest BCUT2D eigenvalue weighted by atomic mass is 10.2. The zero-order valence-electron chi connectivity index (χ0n) is 13.1. The highest BCUT2D eigenvalue weighted by molar-refractivity contribution is 5.59. The highest BCUT2D eigenvalue weighted by Gasteiger charge is 2.28. The maximum Gasteiger partial charge on any atom is 0.137 e. The van der Waals surface area contributed by atoms with Crippen LogP contribution in [0.25, 0.3) is 0 Å². The van der Waals surface area contributed by atoms with E-state index in [-0.39, 0.29) is 0 Å². The lowest BCUT2D eigenvalue weighted by molar-refractivity contribution is 0.205. The SMILES string of the molecule is CCNc1nc(C2CC2)nc(N(CC)CCOC)c1C. The normalized spacial score (nSPS) is 14.4. The summed E-state index contributed by atoms with van der Waals surface area (Å²) in [5, 5.41) is 3.37. The topological polar surface area (TPSA) is 50.3 Å². The minimum atomic E-state index is 0.563. The molecule has 0 amide bonds. The molecule has 0 unspecified atom stereocenters. The van der Waals surface area contributed by atoms with Crippen molar-refractivity contribution in [2.45, 2.75) is 39.5 Å². The quantitative estimate of drug-likeness (QED) is 0.792. The molecule has 5 nitrogen and oxygen atoms in total. The minimum absolute atomic E-state index is 0.563. The van der Waals surface area contributed by atoms with Gasteiger partial charge in [-0.3, -0.25) is 0 Å². The third kappa shape index (κ3) is 3.39. The van der Waals surface area contributed by atoms with E-state index in [1.807, 2.05) is 0 Å². The van der Waals surface area contributed by atoms with E-state index in [0.29, 0.717) is 12.5 Å². The summed E-state index contributed by atoms with van der Waals surface area (Å²) in [5.74, 6) is 3.60. The van der Waals surface area contributed by atoms with Gasteiger partial charge < -0.3 is 15.0 Å². The monoisotopic (exact) mass is 278 g/mol. The number of nitrogens with zero attached hydrogens (tertiary/aromatic N) is 3. The van der Waals surface area contributed by atoms with Crippen molar-refractivity contribution < 1.29 is 4.74 Å². The summed E-state index contributed by atoms with van der Waals surface area (Å²) in [7, 11) is 1.74. The van der Waals surface area contributed by atoms with Gasteiger partial charge in [-0.15, -0.1) is 0 Å². The van der Waals surface area contributed by atoms with Crippen LogP contribution in [-0.4, -0.2) is 43.3 Å². The molecule has 1 aromatic heterocycles. The Morgan fingerprint density at radius 3 is 2.60 bits per heavy atom. The molecule has 5 heteroatoms. The molecule has 1 N–H and O–H groups in total. The van der Waals surface area contributed by atoms with Crippen LogP contribution in [0, 0.1) is 6.92 Å². The molecule has 0 bridgehead atoms. The van der Waals surface area contributed by atoms with Crippen molar-refractivity contribution in [1.29, 1.82) is 0 Å². The third-order valence-corrected chi connectivity index (χ3v) is 3.67. The summed E-state index contributed by atoms with van der Waals surface area (Å²) < 4.78 is 5.20. The second kappa shape index (κ2) is 6.88. The molecule has 112 valence electrons. The Morgan fingerprint density at radius 2 is 2.05 bits per heavy atom. The number of likely N-dealkylation sites (N-methyl/N-ethyl adjacent to an activating group) is 1. The van der Waals surface area contributed by atoms with Gasteiger partial charge in [-0.1, -0.05) is 0 Å². The first-order valence-corrected chi connectivity index (χ1v) is 7.57. The van der Waals surface area contributed by atoms with Crippen molar-refractivity contribution in [3.63, 3.8) is 0 Å². The lowest BCUT2D eigenvalue weighted by Crippen LogP contribution is -2.29. The average molecular weight is 278 g/mol. The Kier molecular flexibility index (Phi) is 5.17. The van der Waals surface area contributed by atoms with Gasteiger partial charge in [0, 0.05) is 38.2 Å². The number of anilines is 2. The highest BCUT2D eigenvalue weighted by atomic mass is 16.5. The van der Waals surface area contributed by atoms with Gasteiger partial charge >= 0.3 is 0 Å². The van der Waals surface area contributed by atoms with Crippen molar-refractivity contribution in [3.05, 3.63) is 11.4 Å². The van der Waals surface area contributed by atoms with Gasteiger partial charge in [0.15, 0.2) is 0 Å². The Bertz CT molecular complexity index is 446. The van der Waals surface area contributed by atoms with Crippen LogP contribution in [0.2, 0.25) is 0 Å². The van der Waals surface area contributed by atoms with Crippen molar-refractivity contribution in [3.8, 4) is 0 Å². The average Bonchev–Trinajstić information content (AvgIpc) is 3.28. The number of ether oxygens (including phenoxy) is 1. The zero-order chi connectivity index (χ0) is 14.5. The van der Waals surface area contributed by atoms with Crippen molar-refractivity contribution in [1.82, 2.24) is 9.97 Å². The maximum atomic E-state index is 5.20. The van der Waals surface area contributed by atoms with Gasteiger partial charge in [-0.25, -0.2) is 9.97 Å². The summed E-state index contributed by atoms with van der Waals surface area (Å²) in [4.78, 5) is 11.8. The van der Waals surface area contributed by atoms with Crippen molar-refractivity contribution in [2.24, 2.45) is 0 Å². The number of nitrogens with one attached hydrogen (secondary N) is 1. The van der Waals surface area contributed by atoms with E-state index in [4.69, 9.17) is 14.7 Å². The van der Waals surface area contributed by atoms with Crippen molar-refractivity contribution in [2.75, 3.05) is 43.6 Å². The molecule has 1 aliphatic rings. The van der Waals surface area contributed by atoms with Crippen LogP contribution in [0.4, 0.5) is 11.6 Å². The van der Waals surface area contributed by atoms with Crippen LogP contribution < -0.4 is 10.2 Å². The van der Waals surface area contributed by atoms with E-state index >= 15 is 0 Å². The molecule has 0 spiro atoms. The molecular formula is C15H26N4O. The van der Waals surface area contributed by atoms with Gasteiger partial charge in [0.1, 0.15) is 17.5 Å². The van der Waals surface area contributed by atoms with Crippen molar-refractivity contribution >= 4 is 11.6 Å². The standard InChI is InChI=1S/C15H26N4O/c1-5-16-13-11(3)15(19(6-2)9-10-20-4)18-14(17-13)12-7-8-12/h12H,5-10H2,1-4H3,(H,16,17,18). The van der Waals surface area contributed by atoms with E-state index < -0.39 is 0 Å². The Hall–Kier alpha value is -1.36. The van der Waals surface area contributed by atoms with E-state index in [9.17, 15) is 0 Å². The second-order valence-corrected chi connectivity index (χ2v) is 5.26. The smallest absolute Gasteiger partial charge is 0.137 e. The Labute approximate surface area is 121 Å². The van der Waals surface area contributed by atoms with Crippen LogP contribution in [-0.2, 0) is 4.74 Å². The summed E-state index contributed by atoms with van der Waals surface area (Å²) in [6, 6.07) is 0. The minimum Gasteiger partial charge on any atom is -0.383 e. The third-order valence-electron chi connectivity index (χ3n) is 3.67. The molecule has 1 heterocycles. The largest absolute Gasteiger partial charge is 0.383 e. The van der Waals surface area contributed by atoms with Gasteiger partial charge in [-0.2, -0.15) is 0 Å². The fraction of sp³-hybridized carbons (Fsp3) is 0.733. The molecule has 1 fully saturated rings. The molecule has 1 aromatic rings. The first-order chi connectivity index (χ1) is 9.71. The van der Waals surface area contributed by atoms with E-state index in [0.717, 1.165) is 42.7 Å². The number of rotatable bonds is 8. The van der Waals surface area contributed by atoms with Gasteiger partial charge in [0.25, 0.3) is 0 Å². The second-order valence-electron chi connectivity index (χ2n) is 5.26. The summed E-state index contributed by atoms with van der Waals surface area (Å²) in [6.45, 7) is 9.73. The molecule has 20 heavy (non-hydrogen) atoms. The van der Waals surface area contributed by atoms with Crippen LogP contribution >= 0.6 is 0 Å². The molecule has 2 rings (SSSR count). The number of aromatic nitrogens is 2. The molecular weight excluding hydrogens is 252 g/mol. The molecule has 1 saturated carbocycles. The summed E-state index contributed by atoms with van der Waals surface area (Å²) >= 11 is 0. The fourth-order valence-electron chi connectivity index (χ4n) is 2.31. The van der Waals surface area contributed by atoms with Crippen LogP contribution in [0.5, 0.6) is 0 Å². The van der Waals surface area contributed by atoms with E-state index in [1.165, 1.54) is 12.8 Å². The highest BCUT2D eigenvalue weighted by Crippen LogP contribution is 2.40. The number of hydrogen-bond donors (Lipinski definition) is 1. The zero-order valence-corrected chi connectivity index (χ0v) is 13.1. The molecule has 0 aliphatic heterocycles. The van der Waals surface area contributed by atoms with Crippen LogP contribution in [0.1, 0.15) is 44.0 Å². The first-order valence-electron chi connectivity index (χ1n) is 7.57. The van der Waals surface area contributed by atoms with E-state index in [2.05, 4.69) is 31.0 Å². The molecule has 0 saturated heterocycles. The first kappa shape index (κ1) is 15.0. The summed E-state index contributed by atoms with van der Waals surface area (Å²) in [5.41, 5.74) is 1.13. The van der Waals surface area contributed by atoms with Gasteiger partial charge in [0.05, 0.1) is 6.61 Å². The predicted octanol–water partition coefficient (Wildman–Crippen LogP) is 2.57. The molecule has 1 aliphatic carbocycles. The fourth-order valence-corrected chi connectivity index (χ4v) is 2.31. The Morgan fingerprint density at radius 1 is 1.30 bits per heavy atom. The van der Waals surface area contributed by atoms with Crippen LogP contribution in [0.3, 0.4) is 0 Å². The summed E-state index contributed by atoms with van der Waals surface area (Å²) in [6.07, 6.45) is 2.44. The predicted molar refractivity (Wildman–Crippen MR) is 82.7 cm³/mol. The van der Waals surface area contributed by atoms with Crippen LogP contribution in [0.15, 0.2) is 0 Å². The molecule has 0 atom stereocenters. The van der Waals surface area contributed by atoms with Gasteiger partial charge in [0.2, 0.25) is 0 Å². The number of methoxy groups -OCH3 is 1. The van der Waals surface area contributed by atoms with Gasteiger partial charge in [-0.05, 0) is 33.6 Å². The van der Waals surface area contributed by atoms with E-state index in [1.54, 1.807) is 7.11 Å². The molecule has 0 aromatic carbocycles. The lowest BCUT2D eigenvalue weighted by Gasteiger charge is -2.25. The Balaban J connectivity index is 2.32. The number of hydrogen-bond acceptors (Lipinski definition) is 5. The molecule has 0 radical (unpaired) electrons. The maximum absolute atomic E-state index is 5.20.